The lowest BCUT2D eigenvalue weighted by Crippen LogP contribution is -2.52. The summed E-state index contributed by atoms with van der Waals surface area (Å²) in [6, 6.07) is 5.71. The Morgan fingerprint density at radius 3 is 2.70 bits per heavy atom. The molecule has 4 nitrogen and oxygen atoms in total. The van der Waals surface area contributed by atoms with Crippen molar-refractivity contribution in [3.05, 3.63) is 29.3 Å². The maximum absolute atomic E-state index is 12.8. The van der Waals surface area contributed by atoms with Crippen LogP contribution in [0.2, 0.25) is 0 Å². The Hall–Kier alpha value is -0.910. The van der Waals surface area contributed by atoms with Crippen LogP contribution < -0.4 is 5.32 Å². The highest BCUT2D eigenvalue weighted by molar-refractivity contribution is 7.89. The van der Waals surface area contributed by atoms with Gasteiger partial charge in [-0.3, -0.25) is 0 Å². The van der Waals surface area contributed by atoms with E-state index in [0.717, 1.165) is 25.9 Å². The Kier molecular flexibility index (Phi) is 3.84. The molecule has 0 amide bonds. The average Bonchev–Trinajstić information content (AvgIpc) is 2.47. The summed E-state index contributed by atoms with van der Waals surface area (Å²) < 4.78 is 27.2. The Labute approximate surface area is 121 Å². The average molecular weight is 294 g/mol. The minimum absolute atomic E-state index is 0.0183. The molecule has 0 radical (unpaired) electrons. The Balaban J connectivity index is 1.94. The molecule has 0 spiro atoms. The zero-order valence-corrected chi connectivity index (χ0v) is 12.7. The number of nitrogens with zero attached hydrogens (tertiary/aromatic N) is 1. The number of hydrogen-bond acceptors (Lipinski definition) is 3. The van der Waals surface area contributed by atoms with Crippen molar-refractivity contribution in [3.8, 4) is 0 Å². The molecular weight excluding hydrogens is 272 g/mol. The minimum atomic E-state index is -3.35. The number of fused-ring (bicyclic) bond motifs is 1. The van der Waals surface area contributed by atoms with E-state index in [4.69, 9.17) is 0 Å². The van der Waals surface area contributed by atoms with Crippen LogP contribution in [0.15, 0.2) is 23.1 Å². The summed E-state index contributed by atoms with van der Waals surface area (Å²) in [6.07, 6.45) is 4.48. The van der Waals surface area contributed by atoms with Crippen LogP contribution >= 0.6 is 0 Å². The molecule has 1 fully saturated rings. The van der Waals surface area contributed by atoms with Gasteiger partial charge in [0.1, 0.15) is 0 Å². The monoisotopic (exact) mass is 294 g/mol. The summed E-state index contributed by atoms with van der Waals surface area (Å²) in [5.74, 6) is 0. The van der Waals surface area contributed by atoms with Gasteiger partial charge < -0.3 is 5.32 Å². The van der Waals surface area contributed by atoms with Crippen molar-refractivity contribution < 1.29 is 8.42 Å². The van der Waals surface area contributed by atoms with Gasteiger partial charge in [-0.25, -0.2) is 8.42 Å². The van der Waals surface area contributed by atoms with Crippen LogP contribution in [-0.4, -0.2) is 38.4 Å². The predicted molar refractivity (Wildman–Crippen MR) is 79.3 cm³/mol. The SMILES string of the molecule is CC1CNCCN1S(=O)(=O)c1ccc2c(c1)CCCC2. The number of benzene rings is 1. The first-order valence-corrected chi connectivity index (χ1v) is 8.87. The largest absolute Gasteiger partial charge is 0.314 e. The smallest absolute Gasteiger partial charge is 0.243 e. The quantitative estimate of drug-likeness (QED) is 0.900. The highest BCUT2D eigenvalue weighted by Crippen LogP contribution is 2.26. The second-order valence-corrected chi connectivity index (χ2v) is 7.70. The number of aryl methyl sites for hydroxylation is 2. The van der Waals surface area contributed by atoms with Crippen LogP contribution in [0.25, 0.3) is 0 Å². The highest BCUT2D eigenvalue weighted by Gasteiger charge is 2.31. The lowest BCUT2D eigenvalue weighted by atomic mass is 9.92. The third-order valence-corrected chi connectivity index (χ3v) is 6.38. The molecule has 3 rings (SSSR count). The van der Waals surface area contributed by atoms with Gasteiger partial charge in [-0.15, -0.1) is 0 Å². The lowest BCUT2D eigenvalue weighted by Gasteiger charge is -2.33. The Morgan fingerprint density at radius 1 is 1.20 bits per heavy atom. The zero-order chi connectivity index (χ0) is 14.2. The normalized spacial score (nSPS) is 24.4. The van der Waals surface area contributed by atoms with E-state index >= 15 is 0 Å². The second kappa shape index (κ2) is 5.47. The minimum Gasteiger partial charge on any atom is -0.314 e. The molecular formula is C15H22N2O2S. The number of rotatable bonds is 2. The molecule has 1 unspecified atom stereocenters. The van der Waals surface area contributed by atoms with Gasteiger partial charge in [-0.1, -0.05) is 6.07 Å². The van der Waals surface area contributed by atoms with E-state index in [9.17, 15) is 8.42 Å². The number of nitrogens with one attached hydrogen (secondary N) is 1. The van der Waals surface area contributed by atoms with Gasteiger partial charge in [-0.05, 0) is 55.9 Å². The lowest BCUT2D eigenvalue weighted by molar-refractivity contribution is 0.284. The number of piperazine rings is 1. The van der Waals surface area contributed by atoms with Gasteiger partial charge in [0.25, 0.3) is 0 Å². The van der Waals surface area contributed by atoms with Gasteiger partial charge >= 0.3 is 0 Å². The topological polar surface area (TPSA) is 49.4 Å². The van der Waals surface area contributed by atoms with Gasteiger partial charge in [-0.2, -0.15) is 4.31 Å². The molecule has 0 aromatic heterocycles. The maximum atomic E-state index is 12.8. The summed E-state index contributed by atoms with van der Waals surface area (Å²) in [5, 5.41) is 3.23. The fraction of sp³-hybridized carbons (Fsp3) is 0.600. The molecule has 1 aliphatic carbocycles. The summed E-state index contributed by atoms with van der Waals surface area (Å²) in [7, 11) is -3.35. The summed E-state index contributed by atoms with van der Waals surface area (Å²) in [4.78, 5) is 0.465. The van der Waals surface area contributed by atoms with Crippen LogP contribution in [0.3, 0.4) is 0 Å². The van der Waals surface area contributed by atoms with E-state index in [1.165, 1.54) is 24.0 Å². The maximum Gasteiger partial charge on any atom is 0.243 e. The van der Waals surface area contributed by atoms with Crippen molar-refractivity contribution in [2.24, 2.45) is 0 Å². The van der Waals surface area contributed by atoms with Gasteiger partial charge in [0, 0.05) is 25.7 Å². The molecule has 1 heterocycles. The molecule has 1 N–H and O–H groups in total. The predicted octanol–water partition coefficient (Wildman–Crippen LogP) is 1.55. The van der Waals surface area contributed by atoms with Gasteiger partial charge in [0.05, 0.1) is 4.90 Å². The molecule has 1 saturated heterocycles. The molecule has 20 heavy (non-hydrogen) atoms. The second-order valence-electron chi connectivity index (χ2n) is 5.81. The van der Waals surface area contributed by atoms with Gasteiger partial charge in [0.2, 0.25) is 10.0 Å². The molecule has 2 aliphatic rings. The van der Waals surface area contributed by atoms with E-state index in [-0.39, 0.29) is 6.04 Å². The Morgan fingerprint density at radius 2 is 1.95 bits per heavy atom. The summed E-state index contributed by atoms with van der Waals surface area (Å²) >= 11 is 0. The van der Waals surface area contributed by atoms with Crippen LogP contribution in [-0.2, 0) is 22.9 Å². The molecule has 1 aliphatic heterocycles. The summed E-state index contributed by atoms with van der Waals surface area (Å²) in [6.45, 7) is 3.97. The van der Waals surface area contributed by atoms with E-state index in [0.29, 0.717) is 11.4 Å². The first-order chi connectivity index (χ1) is 9.59. The molecule has 5 heteroatoms. The van der Waals surface area contributed by atoms with Crippen molar-refractivity contribution >= 4 is 10.0 Å². The summed E-state index contributed by atoms with van der Waals surface area (Å²) in [5.41, 5.74) is 2.55. The third-order valence-electron chi connectivity index (χ3n) is 4.37. The van der Waals surface area contributed by atoms with Crippen LogP contribution in [0.1, 0.15) is 30.9 Å². The number of hydrogen-bond donors (Lipinski definition) is 1. The van der Waals surface area contributed by atoms with Crippen LogP contribution in [0.5, 0.6) is 0 Å². The Bertz CT molecular complexity index is 598. The van der Waals surface area contributed by atoms with Crippen molar-refractivity contribution in [2.75, 3.05) is 19.6 Å². The number of sulfonamides is 1. The molecule has 1 atom stereocenters. The highest BCUT2D eigenvalue weighted by atomic mass is 32.2. The van der Waals surface area contributed by atoms with E-state index in [1.807, 2.05) is 19.1 Å². The molecule has 0 saturated carbocycles. The zero-order valence-electron chi connectivity index (χ0n) is 11.9. The molecule has 0 bridgehead atoms. The first-order valence-electron chi connectivity index (χ1n) is 7.43. The van der Waals surface area contributed by atoms with Crippen molar-refractivity contribution in [1.82, 2.24) is 9.62 Å². The molecule has 110 valence electrons. The van der Waals surface area contributed by atoms with E-state index < -0.39 is 10.0 Å². The third kappa shape index (κ3) is 2.50. The van der Waals surface area contributed by atoms with E-state index in [2.05, 4.69) is 5.32 Å². The van der Waals surface area contributed by atoms with Crippen LogP contribution in [0.4, 0.5) is 0 Å². The van der Waals surface area contributed by atoms with Crippen molar-refractivity contribution in [2.45, 2.75) is 43.5 Å². The van der Waals surface area contributed by atoms with E-state index in [1.54, 1.807) is 10.4 Å². The standard InChI is InChI=1S/C15H22N2O2S/c1-12-11-16-8-9-17(12)20(18,19)15-7-6-13-4-2-3-5-14(13)10-15/h6-7,10,12,16H,2-5,8-9,11H2,1H3. The van der Waals surface area contributed by atoms with Gasteiger partial charge in [0.15, 0.2) is 0 Å². The fourth-order valence-electron chi connectivity index (χ4n) is 3.19. The fourth-order valence-corrected chi connectivity index (χ4v) is 4.87. The molecule has 1 aromatic rings. The molecule has 1 aromatic carbocycles. The van der Waals surface area contributed by atoms with Crippen molar-refractivity contribution in [3.63, 3.8) is 0 Å². The van der Waals surface area contributed by atoms with Crippen LogP contribution in [0, 0.1) is 0 Å². The first kappa shape index (κ1) is 14.0. The van der Waals surface area contributed by atoms with Crippen molar-refractivity contribution in [1.29, 1.82) is 0 Å².